The van der Waals surface area contributed by atoms with Crippen LogP contribution in [0.4, 0.5) is 4.79 Å². The summed E-state index contributed by atoms with van der Waals surface area (Å²) >= 11 is 0. The summed E-state index contributed by atoms with van der Waals surface area (Å²) in [5.41, 5.74) is 0.661. The van der Waals surface area contributed by atoms with Crippen LogP contribution < -0.4 is 5.32 Å². The van der Waals surface area contributed by atoms with Crippen molar-refractivity contribution in [3.63, 3.8) is 0 Å². The Hall–Kier alpha value is -1.80. The van der Waals surface area contributed by atoms with Crippen molar-refractivity contribution < 1.29 is 9.53 Å². The van der Waals surface area contributed by atoms with E-state index in [0.29, 0.717) is 12.2 Å². The van der Waals surface area contributed by atoms with Gasteiger partial charge in [0.25, 0.3) is 0 Å². The molecule has 0 fully saturated rings. The van der Waals surface area contributed by atoms with Crippen LogP contribution >= 0.6 is 12.4 Å². The second kappa shape index (κ2) is 6.82. The number of carbonyl (C=O) groups excluding carboxylic acids is 1. The number of alkyl carbamates (subject to hydrolysis) is 1. The maximum Gasteiger partial charge on any atom is 0.407 e. The predicted octanol–water partition coefficient (Wildman–Crippen LogP) is 2.40. The van der Waals surface area contributed by atoms with Crippen molar-refractivity contribution in [2.24, 2.45) is 0 Å². The number of hydrogen-bond donors (Lipinski definition) is 1. The SMILES string of the molecule is CC(C)(C)OC(=O)NCc1ccc(C#N)nc1.Cl. The van der Waals surface area contributed by atoms with E-state index in [9.17, 15) is 4.79 Å². The number of halogens is 1. The molecule has 0 spiro atoms. The third kappa shape index (κ3) is 6.06. The highest BCUT2D eigenvalue weighted by atomic mass is 35.5. The van der Waals surface area contributed by atoms with Crippen LogP contribution in [0.15, 0.2) is 18.3 Å². The highest BCUT2D eigenvalue weighted by Crippen LogP contribution is 2.07. The van der Waals surface area contributed by atoms with Crippen molar-refractivity contribution in [3.05, 3.63) is 29.6 Å². The van der Waals surface area contributed by atoms with Gasteiger partial charge in [0.05, 0.1) is 0 Å². The molecule has 5 nitrogen and oxygen atoms in total. The maximum absolute atomic E-state index is 11.3. The van der Waals surface area contributed by atoms with Gasteiger partial charge in [0, 0.05) is 12.7 Å². The minimum absolute atomic E-state index is 0. The van der Waals surface area contributed by atoms with Gasteiger partial charge in [-0.1, -0.05) is 6.07 Å². The Kier molecular flexibility index (Phi) is 6.14. The van der Waals surface area contributed by atoms with E-state index < -0.39 is 11.7 Å². The fourth-order valence-electron chi connectivity index (χ4n) is 1.08. The lowest BCUT2D eigenvalue weighted by molar-refractivity contribution is 0.0523. The van der Waals surface area contributed by atoms with Gasteiger partial charge in [-0.3, -0.25) is 0 Å². The van der Waals surface area contributed by atoms with Gasteiger partial charge in [0.1, 0.15) is 17.4 Å². The molecule has 0 aliphatic carbocycles. The van der Waals surface area contributed by atoms with Crippen LogP contribution in [0.1, 0.15) is 32.0 Å². The van der Waals surface area contributed by atoms with Gasteiger partial charge in [0.15, 0.2) is 0 Å². The minimum atomic E-state index is -0.507. The summed E-state index contributed by atoms with van der Waals surface area (Å²) in [6, 6.07) is 5.27. The lowest BCUT2D eigenvalue weighted by atomic mass is 10.2. The first-order valence-electron chi connectivity index (χ1n) is 5.22. The highest BCUT2D eigenvalue weighted by molar-refractivity contribution is 5.85. The molecule has 1 aromatic heterocycles. The minimum Gasteiger partial charge on any atom is -0.444 e. The molecule has 18 heavy (non-hydrogen) atoms. The Morgan fingerprint density at radius 2 is 2.17 bits per heavy atom. The maximum atomic E-state index is 11.3. The van der Waals surface area contributed by atoms with Crippen molar-refractivity contribution in [3.8, 4) is 6.07 Å². The molecule has 1 aromatic rings. The standard InChI is InChI=1S/C12H15N3O2.ClH/c1-12(2,3)17-11(16)15-8-9-4-5-10(6-13)14-7-9;/h4-5,7H,8H2,1-3H3,(H,15,16);1H. The summed E-state index contributed by atoms with van der Waals surface area (Å²) in [6.45, 7) is 5.73. The van der Waals surface area contributed by atoms with E-state index in [1.54, 1.807) is 39.1 Å². The Balaban J connectivity index is 0.00000289. The third-order valence-corrected chi connectivity index (χ3v) is 1.78. The number of nitrogens with zero attached hydrogens (tertiary/aromatic N) is 2. The van der Waals surface area contributed by atoms with E-state index in [1.165, 1.54) is 0 Å². The predicted molar refractivity (Wildman–Crippen MR) is 69.3 cm³/mol. The first-order chi connectivity index (χ1) is 7.90. The molecule has 0 atom stereocenters. The van der Waals surface area contributed by atoms with Crippen LogP contribution in [0.5, 0.6) is 0 Å². The van der Waals surface area contributed by atoms with E-state index in [1.807, 2.05) is 6.07 Å². The number of aromatic nitrogens is 1. The zero-order valence-corrected chi connectivity index (χ0v) is 11.4. The third-order valence-electron chi connectivity index (χ3n) is 1.78. The fraction of sp³-hybridized carbons (Fsp3) is 0.417. The summed E-state index contributed by atoms with van der Waals surface area (Å²) in [5, 5.41) is 11.2. The summed E-state index contributed by atoms with van der Waals surface area (Å²) in [5.74, 6) is 0. The topological polar surface area (TPSA) is 75.0 Å². The molecular formula is C12H16ClN3O2. The average Bonchev–Trinajstić information content (AvgIpc) is 2.25. The van der Waals surface area contributed by atoms with Crippen LogP contribution in [0, 0.1) is 11.3 Å². The number of pyridine rings is 1. The highest BCUT2D eigenvalue weighted by Gasteiger charge is 2.15. The summed E-state index contributed by atoms with van der Waals surface area (Å²) < 4.78 is 5.08. The second-order valence-corrected chi connectivity index (χ2v) is 4.52. The Labute approximate surface area is 113 Å². The van der Waals surface area contributed by atoms with E-state index >= 15 is 0 Å². The van der Waals surface area contributed by atoms with Gasteiger partial charge in [-0.2, -0.15) is 5.26 Å². The smallest absolute Gasteiger partial charge is 0.407 e. The van der Waals surface area contributed by atoms with Crippen LogP contribution in [-0.4, -0.2) is 16.7 Å². The van der Waals surface area contributed by atoms with E-state index in [4.69, 9.17) is 10.00 Å². The van der Waals surface area contributed by atoms with Crippen molar-refractivity contribution in [1.29, 1.82) is 5.26 Å². The first-order valence-corrected chi connectivity index (χ1v) is 5.22. The molecule has 0 radical (unpaired) electrons. The largest absolute Gasteiger partial charge is 0.444 e. The zero-order chi connectivity index (χ0) is 12.9. The van der Waals surface area contributed by atoms with Crippen molar-refractivity contribution in [2.45, 2.75) is 32.9 Å². The number of carbonyl (C=O) groups is 1. The molecule has 1 amide bonds. The molecule has 0 aliphatic heterocycles. The molecule has 1 rings (SSSR count). The number of amides is 1. The van der Waals surface area contributed by atoms with Gasteiger partial charge in [-0.15, -0.1) is 12.4 Å². The van der Waals surface area contributed by atoms with Crippen molar-refractivity contribution >= 4 is 18.5 Å². The normalized spacial score (nSPS) is 9.89. The van der Waals surface area contributed by atoms with Gasteiger partial charge >= 0.3 is 6.09 Å². The van der Waals surface area contributed by atoms with Crippen LogP contribution in [-0.2, 0) is 11.3 Å². The summed E-state index contributed by atoms with van der Waals surface area (Å²) in [7, 11) is 0. The van der Waals surface area contributed by atoms with Gasteiger partial charge in [-0.25, -0.2) is 9.78 Å². The Morgan fingerprint density at radius 1 is 1.50 bits per heavy atom. The van der Waals surface area contributed by atoms with E-state index in [-0.39, 0.29) is 12.4 Å². The number of ether oxygens (including phenoxy) is 1. The zero-order valence-electron chi connectivity index (χ0n) is 10.6. The monoisotopic (exact) mass is 269 g/mol. The molecule has 0 bridgehead atoms. The Morgan fingerprint density at radius 3 is 2.61 bits per heavy atom. The lowest BCUT2D eigenvalue weighted by Crippen LogP contribution is -2.32. The molecule has 6 heteroatoms. The van der Waals surface area contributed by atoms with E-state index in [0.717, 1.165) is 5.56 Å². The lowest BCUT2D eigenvalue weighted by Gasteiger charge is -2.19. The molecule has 0 aromatic carbocycles. The molecule has 98 valence electrons. The number of nitrogens with one attached hydrogen (secondary N) is 1. The summed E-state index contributed by atoms with van der Waals surface area (Å²) in [4.78, 5) is 15.2. The first kappa shape index (κ1) is 16.2. The molecule has 0 aliphatic rings. The van der Waals surface area contributed by atoms with E-state index in [2.05, 4.69) is 10.3 Å². The van der Waals surface area contributed by atoms with Crippen LogP contribution in [0.2, 0.25) is 0 Å². The molecule has 0 saturated carbocycles. The van der Waals surface area contributed by atoms with Crippen molar-refractivity contribution in [2.75, 3.05) is 0 Å². The van der Waals surface area contributed by atoms with Gasteiger partial charge in [-0.05, 0) is 32.4 Å². The number of nitriles is 1. The van der Waals surface area contributed by atoms with Gasteiger partial charge in [0.2, 0.25) is 0 Å². The van der Waals surface area contributed by atoms with Crippen LogP contribution in [0.3, 0.4) is 0 Å². The summed E-state index contributed by atoms with van der Waals surface area (Å²) in [6.07, 6.45) is 1.08. The quantitative estimate of drug-likeness (QED) is 0.894. The second-order valence-electron chi connectivity index (χ2n) is 4.52. The molecule has 1 N–H and O–H groups in total. The van der Waals surface area contributed by atoms with Crippen LogP contribution in [0.25, 0.3) is 0 Å². The molecular weight excluding hydrogens is 254 g/mol. The average molecular weight is 270 g/mol. The molecule has 1 heterocycles. The number of rotatable bonds is 2. The molecule has 0 unspecified atom stereocenters. The Bertz CT molecular complexity index is 432. The molecule has 0 saturated heterocycles. The van der Waals surface area contributed by atoms with Crippen molar-refractivity contribution in [1.82, 2.24) is 10.3 Å². The fourth-order valence-corrected chi connectivity index (χ4v) is 1.08. The van der Waals surface area contributed by atoms with Gasteiger partial charge < -0.3 is 10.1 Å². The number of hydrogen-bond acceptors (Lipinski definition) is 4.